The van der Waals surface area contributed by atoms with Crippen LogP contribution in [0.2, 0.25) is 0 Å². The Labute approximate surface area is 114 Å². The molecule has 0 bridgehead atoms. The molecule has 0 aliphatic rings. The molecule has 0 aliphatic carbocycles. The van der Waals surface area contributed by atoms with E-state index in [9.17, 15) is 0 Å². The Morgan fingerprint density at radius 2 is 1.05 bits per heavy atom. The summed E-state index contributed by atoms with van der Waals surface area (Å²) in [6, 6.07) is 19.3. The van der Waals surface area contributed by atoms with Gasteiger partial charge in [0.05, 0.1) is 0 Å². The summed E-state index contributed by atoms with van der Waals surface area (Å²) in [6.07, 6.45) is 10.2. The van der Waals surface area contributed by atoms with Crippen molar-refractivity contribution in [2.45, 2.75) is 12.2 Å². The molecular formula is C18H14O. The SMILES string of the molecule is C#CC(OC(C#C)c1ccccc1)c1ccccc1. The third-order valence-corrected chi connectivity index (χ3v) is 2.78. The van der Waals surface area contributed by atoms with Crippen molar-refractivity contribution in [2.24, 2.45) is 0 Å². The van der Waals surface area contributed by atoms with Crippen molar-refractivity contribution in [3.05, 3.63) is 71.8 Å². The van der Waals surface area contributed by atoms with Gasteiger partial charge in [0.1, 0.15) is 12.2 Å². The van der Waals surface area contributed by atoms with Gasteiger partial charge in [0.15, 0.2) is 0 Å². The van der Waals surface area contributed by atoms with Gasteiger partial charge < -0.3 is 4.74 Å². The van der Waals surface area contributed by atoms with E-state index in [0.717, 1.165) is 11.1 Å². The minimum absolute atomic E-state index is 0.442. The molecular weight excluding hydrogens is 232 g/mol. The molecule has 2 unspecified atom stereocenters. The zero-order valence-electron chi connectivity index (χ0n) is 10.5. The molecule has 0 aromatic heterocycles. The van der Waals surface area contributed by atoms with Gasteiger partial charge in [0.25, 0.3) is 0 Å². The van der Waals surface area contributed by atoms with E-state index < -0.39 is 12.2 Å². The highest BCUT2D eigenvalue weighted by molar-refractivity contribution is 5.27. The van der Waals surface area contributed by atoms with Crippen LogP contribution < -0.4 is 0 Å². The van der Waals surface area contributed by atoms with Crippen molar-refractivity contribution < 1.29 is 4.74 Å². The van der Waals surface area contributed by atoms with Gasteiger partial charge in [-0.3, -0.25) is 0 Å². The van der Waals surface area contributed by atoms with Crippen molar-refractivity contribution in [1.82, 2.24) is 0 Å². The molecule has 1 nitrogen and oxygen atoms in total. The van der Waals surface area contributed by atoms with E-state index in [2.05, 4.69) is 11.8 Å². The summed E-state index contributed by atoms with van der Waals surface area (Å²) in [5.74, 6) is 5.27. The number of ether oxygens (including phenoxy) is 1. The van der Waals surface area contributed by atoms with Gasteiger partial charge in [-0.1, -0.05) is 72.5 Å². The van der Waals surface area contributed by atoms with E-state index in [4.69, 9.17) is 17.6 Å². The second-order valence-electron chi connectivity index (χ2n) is 4.05. The van der Waals surface area contributed by atoms with Gasteiger partial charge in [-0.2, -0.15) is 0 Å². The maximum absolute atomic E-state index is 5.85. The first-order chi connectivity index (χ1) is 9.35. The predicted molar refractivity (Wildman–Crippen MR) is 77.1 cm³/mol. The molecule has 0 fully saturated rings. The molecule has 2 atom stereocenters. The summed E-state index contributed by atoms with van der Waals surface area (Å²) >= 11 is 0. The lowest BCUT2D eigenvalue weighted by Crippen LogP contribution is -2.07. The lowest BCUT2D eigenvalue weighted by molar-refractivity contribution is 0.0516. The molecule has 2 rings (SSSR count). The summed E-state index contributed by atoms with van der Waals surface area (Å²) in [5, 5.41) is 0. The summed E-state index contributed by atoms with van der Waals surface area (Å²) in [5.41, 5.74) is 1.86. The molecule has 0 heterocycles. The Balaban J connectivity index is 2.19. The molecule has 0 aliphatic heterocycles. The van der Waals surface area contributed by atoms with E-state index in [0.29, 0.717) is 0 Å². The summed E-state index contributed by atoms with van der Waals surface area (Å²) in [7, 11) is 0. The predicted octanol–water partition coefficient (Wildman–Crippen LogP) is 3.75. The quantitative estimate of drug-likeness (QED) is 0.746. The van der Waals surface area contributed by atoms with Crippen molar-refractivity contribution in [3.8, 4) is 24.7 Å². The van der Waals surface area contributed by atoms with Gasteiger partial charge in [-0.05, 0) is 11.1 Å². The monoisotopic (exact) mass is 246 g/mol. The van der Waals surface area contributed by atoms with Gasteiger partial charge in [-0.15, -0.1) is 12.8 Å². The maximum atomic E-state index is 5.85. The standard InChI is InChI=1S/C18H14O/c1-3-17(15-11-7-5-8-12-15)19-18(4-2)16-13-9-6-10-14-16/h1-2,5-14,17-18H. The van der Waals surface area contributed by atoms with Gasteiger partial charge >= 0.3 is 0 Å². The highest BCUT2D eigenvalue weighted by Gasteiger charge is 2.15. The highest BCUT2D eigenvalue weighted by atomic mass is 16.5. The fourth-order valence-electron chi connectivity index (χ4n) is 1.82. The Bertz CT molecular complexity index is 532. The highest BCUT2D eigenvalue weighted by Crippen LogP contribution is 2.25. The summed E-state index contributed by atoms with van der Waals surface area (Å²) in [4.78, 5) is 0. The average Bonchev–Trinajstić information content (AvgIpc) is 2.50. The molecule has 0 radical (unpaired) electrons. The van der Waals surface area contributed by atoms with Crippen LogP contribution in [0.4, 0.5) is 0 Å². The average molecular weight is 246 g/mol. The van der Waals surface area contributed by atoms with Crippen molar-refractivity contribution in [1.29, 1.82) is 0 Å². The first kappa shape index (κ1) is 13.0. The molecule has 92 valence electrons. The van der Waals surface area contributed by atoms with Crippen molar-refractivity contribution in [3.63, 3.8) is 0 Å². The molecule has 2 aromatic rings. The smallest absolute Gasteiger partial charge is 0.145 e. The minimum Gasteiger partial charge on any atom is -0.340 e. The fourth-order valence-corrected chi connectivity index (χ4v) is 1.82. The molecule has 0 amide bonds. The molecule has 0 saturated heterocycles. The van der Waals surface area contributed by atoms with Crippen LogP contribution in [0.3, 0.4) is 0 Å². The normalized spacial score (nSPS) is 12.9. The van der Waals surface area contributed by atoms with Crippen LogP contribution in [0.25, 0.3) is 0 Å². The third-order valence-electron chi connectivity index (χ3n) is 2.78. The summed E-state index contributed by atoms with van der Waals surface area (Å²) < 4.78 is 5.85. The number of benzene rings is 2. The Morgan fingerprint density at radius 1 is 0.684 bits per heavy atom. The fraction of sp³-hybridized carbons (Fsp3) is 0.111. The molecule has 0 N–H and O–H groups in total. The zero-order valence-corrected chi connectivity index (χ0v) is 10.5. The van der Waals surface area contributed by atoms with Crippen LogP contribution in [-0.4, -0.2) is 0 Å². The zero-order chi connectivity index (χ0) is 13.5. The number of terminal acetylenes is 2. The second kappa shape index (κ2) is 6.45. The van der Waals surface area contributed by atoms with E-state index in [1.54, 1.807) is 0 Å². The van der Waals surface area contributed by atoms with Gasteiger partial charge in [0.2, 0.25) is 0 Å². The Morgan fingerprint density at radius 3 is 1.37 bits per heavy atom. The molecule has 1 heteroatoms. The number of hydrogen-bond acceptors (Lipinski definition) is 1. The summed E-state index contributed by atoms with van der Waals surface area (Å²) in [6.45, 7) is 0. The van der Waals surface area contributed by atoms with Crippen molar-refractivity contribution >= 4 is 0 Å². The van der Waals surface area contributed by atoms with Crippen LogP contribution in [0, 0.1) is 24.7 Å². The van der Waals surface area contributed by atoms with E-state index in [1.807, 2.05) is 60.7 Å². The number of hydrogen-bond donors (Lipinski definition) is 0. The van der Waals surface area contributed by atoms with Crippen LogP contribution in [0.1, 0.15) is 23.3 Å². The Kier molecular flexibility index (Phi) is 4.40. The third kappa shape index (κ3) is 3.26. The van der Waals surface area contributed by atoms with Crippen LogP contribution >= 0.6 is 0 Å². The first-order valence-electron chi connectivity index (χ1n) is 6.02. The van der Waals surface area contributed by atoms with E-state index in [-0.39, 0.29) is 0 Å². The van der Waals surface area contributed by atoms with Crippen LogP contribution in [-0.2, 0) is 4.74 Å². The largest absolute Gasteiger partial charge is 0.340 e. The van der Waals surface area contributed by atoms with Gasteiger partial charge in [-0.25, -0.2) is 0 Å². The van der Waals surface area contributed by atoms with Crippen LogP contribution in [0.5, 0.6) is 0 Å². The second-order valence-corrected chi connectivity index (χ2v) is 4.05. The van der Waals surface area contributed by atoms with E-state index >= 15 is 0 Å². The number of rotatable bonds is 4. The first-order valence-corrected chi connectivity index (χ1v) is 6.02. The minimum atomic E-state index is -0.442. The molecule has 19 heavy (non-hydrogen) atoms. The van der Waals surface area contributed by atoms with Gasteiger partial charge in [0, 0.05) is 0 Å². The molecule has 2 aromatic carbocycles. The van der Waals surface area contributed by atoms with E-state index in [1.165, 1.54) is 0 Å². The van der Waals surface area contributed by atoms with Crippen LogP contribution in [0.15, 0.2) is 60.7 Å². The maximum Gasteiger partial charge on any atom is 0.145 e. The lowest BCUT2D eigenvalue weighted by Gasteiger charge is -2.18. The Hall–Kier alpha value is -2.48. The molecule has 0 saturated carbocycles. The lowest BCUT2D eigenvalue weighted by atomic mass is 10.1. The molecule has 0 spiro atoms. The van der Waals surface area contributed by atoms with Crippen molar-refractivity contribution in [2.75, 3.05) is 0 Å². The topological polar surface area (TPSA) is 9.23 Å².